The van der Waals surface area contributed by atoms with Gasteiger partial charge in [0.15, 0.2) is 0 Å². The lowest BCUT2D eigenvalue weighted by molar-refractivity contribution is -0.131. The molecule has 5 nitrogen and oxygen atoms in total. The lowest BCUT2D eigenvalue weighted by Gasteiger charge is -2.31. The molecule has 2 unspecified atom stereocenters. The van der Waals surface area contributed by atoms with Gasteiger partial charge in [0.25, 0.3) is 0 Å². The van der Waals surface area contributed by atoms with Crippen molar-refractivity contribution in [3.8, 4) is 0 Å². The van der Waals surface area contributed by atoms with Crippen molar-refractivity contribution >= 4 is 5.91 Å². The van der Waals surface area contributed by atoms with Crippen molar-refractivity contribution in [2.24, 2.45) is 0 Å². The molecule has 0 radical (unpaired) electrons. The Kier molecular flexibility index (Phi) is 6.45. The standard InChI is InChI=1S/C20H30N2O3/c1-21(14-18(23)15-22-9-11-25-12-10-22)20(24)13-17-7-4-6-16-5-2-3-8-19(16)17/h2-3,5,8,17-18,23H,4,6-7,9-15H2,1H3. The number of aliphatic hydroxyl groups excluding tert-OH is 1. The van der Waals surface area contributed by atoms with Crippen LogP contribution in [0.3, 0.4) is 0 Å². The highest BCUT2D eigenvalue weighted by atomic mass is 16.5. The lowest BCUT2D eigenvalue weighted by Crippen LogP contribution is -2.45. The zero-order valence-electron chi connectivity index (χ0n) is 15.2. The number of β-amino-alcohol motifs (C(OH)–C–C–N with tert-alkyl or cyclic N) is 1. The van der Waals surface area contributed by atoms with Crippen LogP contribution in [0.15, 0.2) is 24.3 Å². The number of rotatable bonds is 6. The normalized spacial score (nSPS) is 22.2. The molecular formula is C20H30N2O3. The van der Waals surface area contributed by atoms with E-state index in [4.69, 9.17) is 4.74 Å². The maximum atomic E-state index is 12.6. The second-order valence-corrected chi connectivity index (χ2v) is 7.33. The monoisotopic (exact) mass is 346 g/mol. The third-order valence-electron chi connectivity index (χ3n) is 5.40. The van der Waals surface area contributed by atoms with Crippen LogP contribution >= 0.6 is 0 Å². The molecule has 0 bridgehead atoms. The zero-order valence-corrected chi connectivity index (χ0v) is 15.2. The SMILES string of the molecule is CN(CC(O)CN1CCOCC1)C(=O)CC1CCCc2ccccc21. The number of carbonyl (C=O) groups excluding carboxylic acids is 1. The highest BCUT2D eigenvalue weighted by Gasteiger charge is 2.25. The van der Waals surface area contributed by atoms with Crippen LogP contribution < -0.4 is 0 Å². The molecule has 2 atom stereocenters. The molecule has 2 aliphatic rings. The molecule has 25 heavy (non-hydrogen) atoms. The molecule has 1 saturated heterocycles. The summed E-state index contributed by atoms with van der Waals surface area (Å²) in [5, 5.41) is 10.3. The van der Waals surface area contributed by atoms with Crippen LogP contribution in [0.2, 0.25) is 0 Å². The number of hydrogen-bond donors (Lipinski definition) is 1. The van der Waals surface area contributed by atoms with E-state index in [1.165, 1.54) is 11.1 Å². The van der Waals surface area contributed by atoms with Crippen molar-refractivity contribution < 1.29 is 14.6 Å². The molecule has 0 saturated carbocycles. The molecule has 1 aliphatic carbocycles. The van der Waals surface area contributed by atoms with E-state index < -0.39 is 6.10 Å². The van der Waals surface area contributed by atoms with Crippen molar-refractivity contribution in [1.29, 1.82) is 0 Å². The van der Waals surface area contributed by atoms with Gasteiger partial charge >= 0.3 is 0 Å². The van der Waals surface area contributed by atoms with Gasteiger partial charge in [0, 0.05) is 39.6 Å². The minimum absolute atomic E-state index is 0.128. The van der Waals surface area contributed by atoms with Gasteiger partial charge in [0.2, 0.25) is 5.91 Å². The Balaban J connectivity index is 1.49. The minimum atomic E-state index is -0.509. The van der Waals surface area contributed by atoms with E-state index in [0.29, 0.717) is 25.4 Å². The predicted octanol–water partition coefficient (Wildman–Crippen LogP) is 1.65. The topological polar surface area (TPSA) is 53.0 Å². The van der Waals surface area contributed by atoms with Crippen LogP contribution in [-0.2, 0) is 16.0 Å². The van der Waals surface area contributed by atoms with Crippen molar-refractivity contribution in [2.45, 2.75) is 37.7 Å². The number of carbonyl (C=O) groups is 1. The minimum Gasteiger partial charge on any atom is -0.390 e. The van der Waals surface area contributed by atoms with Gasteiger partial charge in [-0.1, -0.05) is 24.3 Å². The van der Waals surface area contributed by atoms with Crippen LogP contribution in [0.4, 0.5) is 0 Å². The van der Waals surface area contributed by atoms with Crippen molar-refractivity contribution in [1.82, 2.24) is 9.80 Å². The smallest absolute Gasteiger partial charge is 0.223 e. The van der Waals surface area contributed by atoms with E-state index in [0.717, 1.165) is 45.6 Å². The number of likely N-dealkylation sites (N-methyl/N-ethyl adjacent to an activating group) is 1. The Morgan fingerprint density at radius 2 is 2.12 bits per heavy atom. The Bertz CT molecular complexity index is 572. The van der Waals surface area contributed by atoms with Crippen molar-refractivity contribution in [3.63, 3.8) is 0 Å². The van der Waals surface area contributed by atoms with Crippen LogP contribution in [0.5, 0.6) is 0 Å². The summed E-state index contributed by atoms with van der Waals surface area (Å²) in [6.45, 7) is 4.16. The molecule has 1 aliphatic heterocycles. The quantitative estimate of drug-likeness (QED) is 0.851. The van der Waals surface area contributed by atoms with E-state index in [1.54, 1.807) is 11.9 Å². The molecule has 3 rings (SSSR count). The van der Waals surface area contributed by atoms with E-state index in [9.17, 15) is 9.90 Å². The van der Waals surface area contributed by atoms with E-state index in [-0.39, 0.29) is 5.91 Å². The molecule has 1 amide bonds. The summed E-state index contributed by atoms with van der Waals surface area (Å²) in [5.41, 5.74) is 2.73. The van der Waals surface area contributed by atoms with Crippen molar-refractivity contribution in [2.75, 3.05) is 46.4 Å². The number of nitrogens with zero attached hydrogens (tertiary/aromatic N) is 2. The Hall–Kier alpha value is -1.43. The second kappa shape index (κ2) is 8.79. The van der Waals surface area contributed by atoms with Crippen molar-refractivity contribution in [3.05, 3.63) is 35.4 Å². The molecule has 0 spiro atoms. The number of benzene rings is 1. The maximum Gasteiger partial charge on any atom is 0.223 e. The van der Waals surface area contributed by atoms with E-state index in [1.807, 2.05) is 0 Å². The number of hydrogen-bond acceptors (Lipinski definition) is 4. The summed E-state index contributed by atoms with van der Waals surface area (Å²) >= 11 is 0. The highest BCUT2D eigenvalue weighted by Crippen LogP contribution is 2.34. The summed E-state index contributed by atoms with van der Waals surface area (Å²) in [5.74, 6) is 0.444. The third-order valence-corrected chi connectivity index (χ3v) is 5.40. The Morgan fingerprint density at radius 1 is 1.36 bits per heavy atom. The summed E-state index contributed by atoms with van der Waals surface area (Å²) in [7, 11) is 1.81. The first-order chi connectivity index (χ1) is 12.1. The van der Waals surface area contributed by atoms with Gasteiger partial charge < -0.3 is 14.7 Å². The van der Waals surface area contributed by atoms with Gasteiger partial charge in [0.05, 0.1) is 19.3 Å². The van der Waals surface area contributed by atoms with Gasteiger partial charge in [-0.3, -0.25) is 9.69 Å². The lowest BCUT2D eigenvalue weighted by atomic mass is 9.81. The molecule has 5 heteroatoms. The molecule has 1 heterocycles. The first kappa shape index (κ1) is 18.4. The van der Waals surface area contributed by atoms with Crippen LogP contribution in [0.1, 0.15) is 36.3 Å². The van der Waals surface area contributed by atoms with Gasteiger partial charge in [-0.2, -0.15) is 0 Å². The second-order valence-electron chi connectivity index (χ2n) is 7.33. The number of aliphatic hydroxyl groups is 1. The summed E-state index contributed by atoms with van der Waals surface area (Å²) in [4.78, 5) is 16.5. The first-order valence-electron chi connectivity index (χ1n) is 9.43. The number of ether oxygens (including phenoxy) is 1. The number of aryl methyl sites for hydroxylation is 1. The summed E-state index contributed by atoms with van der Waals surface area (Å²) in [6.07, 6.45) is 3.38. The average Bonchev–Trinajstić information content (AvgIpc) is 2.62. The van der Waals surface area contributed by atoms with Crippen LogP contribution in [0.25, 0.3) is 0 Å². The molecule has 1 N–H and O–H groups in total. The molecule has 0 aromatic heterocycles. The number of amides is 1. The first-order valence-corrected chi connectivity index (χ1v) is 9.43. The fourth-order valence-corrected chi connectivity index (χ4v) is 3.99. The fraction of sp³-hybridized carbons (Fsp3) is 0.650. The predicted molar refractivity (Wildman–Crippen MR) is 97.6 cm³/mol. The van der Waals surface area contributed by atoms with E-state index in [2.05, 4.69) is 29.2 Å². The van der Waals surface area contributed by atoms with Gasteiger partial charge in [-0.15, -0.1) is 0 Å². The average molecular weight is 346 g/mol. The van der Waals surface area contributed by atoms with Crippen LogP contribution in [-0.4, -0.2) is 73.4 Å². The Labute approximate surface area is 150 Å². The largest absolute Gasteiger partial charge is 0.390 e. The molecule has 1 fully saturated rings. The maximum absolute atomic E-state index is 12.6. The zero-order chi connectivity index (χ0) is 17.6. The Morgan fingerprint density at radius 3 is 2.92 bits per heavy atom. The van der Waals surface area contributed by atoms with Gasteiger partial charge in [-0.05, 0) is 36.3 Å². The molecule has 138 valence electrons. The molecule has 1 aromatic carbocycles. The summed E-state index contributed by atoms with van der Waals surface area (Å²) in [6, 6.07) is 8.50. The fourth-order valence-electron chi connectivity index (χ4n) is 3.99. The molecular weight excluding hydrogens is 316 g/mol. The van der Waals surface area contributed by atoms with E-state index >= 15 is 0 Å². The summed E-state index contributed by atoms with van der Waals surface area (Å²) < 4.78 is 5.33. The van der Waals surface area contributed by atoms with Gasteiger partial charge in [0.1, 0.15) is 0 Å². The highest BCUT2D eigenvalue weighted by molar-refractivity contribution is 5.77. The van der Waals surface area contributed by atoms with Gasteiger partial charge in [-0.25, -0.2) is 0 Å². The van der Waals surface area contributed by atoms with Crippen LogP contribution in [0, 0.1) is 0 Å². The number of morpholine rings is 1. The third kappa shape index (κ3) is 5.03. The molecule has 1 aromatic rings. The number of fused-ring (bicyclic) bond motifs is 1.